The Morgan fingerprint density at radius 1 is 0.827 bits per heavy atom. The van der Waals surface area contributed by atoms with Crippen molar-refractivity contribution < 1.29 is 35.1 Å². The number of halogens is 1. The molecule has 0 amide bonds. The van der Waals surface area contributed by atoms with E-state index in [4.69, 9.17) is 9.72 Å². The monoisotopic (exact) mass is 759 g/mol. The van der Waals surface area contributed by atoms with Gasteiger partial charge in [-0.3, -0.25) is 9.11 Å². The highest BCUT2D eigenvalue weighted by atomic mass is 32.2. The third-order valence-corrected chi connectivity index (χ3v) is 13.9. The zero-order chi connectivity index (χ0) is 36.5. The molecule has 3 aromatic rings. The lowest BCUT2D eigenvalue weighted by molar-refractivity contribution is 0.0542. The van der Waals surface area contributed by atoms with Crippen LogP contribution in [-0.4, -0.2) is 87.3 Å². The molecule has 1 aromatic heterocycles. The number of rotatable bonds is 11. The van der Waals surface area contributed by atoms with Gasteiger partial charge in [-0.05, 0) is 93.4 Å². The van der Waals surface area contributed by atoms with E-state index in [1.807, 2.05) is 24.3 Å². The normalized spacial score (nSPS) is 23.4. The number of hydrogen-bond acceptors (Lipinski definition) is 7. The first kappa shape index (κ1) is 37.4. The lowest BCUT2D eigenvalue weighted by Gasteiger charge is -2.46. The second kappa shape index (κ2) is 15.4. The Morgan fingerprint density at radius 2 is 1.42 bits per heavy atom. The van der Waals surface area contributed by atoms with Crippen molar-refractivity contribution in [3.05, 3.63) is 83.7 Å². The lowest BCUT2D eigenvalue weighted by Crippen LogP contribution is -2.54. The summed E-state index contributed by atoms with van der Waals surface area (Å²) in [5, 5.41) is 0. The Labute approximate surface area is 306 Å². The molecule has 2 unspecified atom stereocenters. The summed E-state index contributed by atoms with van der Waals surface area (Å²) in [5.41, 5.74) is 0.771. The number of piperidine rings is 1. The predicted octanol–water partition coefficient (Wildman–Crippen LogP) is 6.30. The highest BCUT2D eigenvalue weighted by Gasteiger charge is 2.55. The average molecular weight is 760 g/mol. The van der Waals surface area contributed by atoms with E-state index in [2.05, 4.69) is 4.90 Å². The second-order valence-electron chi connectivity index (χ2n) is 14.9. The van der Waals surface area contributed by atoms with Crippen LogP contribution in [0.2, 0.25) is 0 Å². The molecule has 284 valence electrons. The summed E-state index contributed by atoms with van der Waals surface area (Å²) in [7, 11) is -9.77. The highest BCUT2D eigenvalue weighted by molar-refractivity contribution is 7.83. The predicted molar refractivity (Wildman–Crippen MR) is 194 cm³/mol. The topological polar surface area (TPSA) is 146 Å². The van der Waals surface area contributed by atoms with Gasteiger partial charge in [0.1, 0.15) is 23.6 Å². The molecule has 15 heteroatoms. The fraction of sp³-hybridized carbons (Fsp3) is 0.595. The van der Waals surface area contributed by atoms with Gasteiger partial charge in [0.15, 0.2) is 0 Å². The van der Waals surface area contributed by atoms with Crippen molar-refractivity contribution in [3.8, 4) is 5.75 Å². The number of likely N-dealkylation sites (tertiary alicyclic amines) is 1. The second-order valence-corrected chi connectivity index (χ2v) is 17.5. The van der Waals surface area contributed by atoms with Gasteiger partial charge in [0.2, 0.25) is 0 Å². The van der Waals surface area contributed by atoms with Crippen molar-refractivity contribution in [1.29, 1.82) is 0 Å². The lowest BCUT2D eigenvalue weighted by atomic mass is 9.70. The molecule has 3 fully saturated rings. The standard InChI is InChI=1S/C37H50FN5O7S2/c38-28-16-18-31(19-17-28)50-27-9-23-40-24-20-37(21-25-40)33-15-8-7-14-32(33)34(42(51(44,45)46)29-10-3-1-4-11-29)35(41-26-22-39-36(37)41)43(52(47,48)49)30-12-5-2-6-13-30/h7-8,14-19,22,26,29-30,34-35H,1-6,9-13,20-21,23-25,27H2,(H,44,45,46)(H,47,48,49). The molecule has 1 spiro atoms. The fourth-order valence-corrected chi connectivity index (χ4v) is 11.7. The van der Waals surface area contributed by atoms with E-state index in [1.54, 1.807) is 29.1 Å². The zero-order valence-electron chi connectivity index (χ0n) is 29.5. The van der Waals surface area contributed by atoms with Gasteiger partial charge in [-0.1, -0.05) is 62.8 Å². The Bertz CT molecular complexity index is 1890. The van der Waals surface area contributed by atoms with Gasteiger partial charge in [0, 0.05) is 31.0 Å². The summed E-state index contributed by atoms with van der Waals surface area (Å²) < 4.78 is 100. The summed E-state index contributed by atoms with van der Waals surface area (Å²) >= 11 is 0. The minimum absolute atomic E-state index is 0.313. The van der Waals surface area contributed by atoms with Gasteiger partial charge < -0.3 is 14.2 Å². The van der Waals surface area contributed by atoms with Crippen LogP contribution in [0.5, 0.6) is 5.75 Å². The van der Waals surface area contributed by atoms with E-state index < -0.39 is 50.3 Å². The van der Waals surface area contributed by atoms with Crippen LogP contribution in [-0.2, 0) is 26.0 Å². The quantitative estimate of drug-likeness (QED) is 0.170. The first-order valence-electron chi connectivity index (χ1n) is 18.7. The van der Waals surface area contributed by atoms with E-state index in [0.717, 1.165) is 65.7 Å². The summed E-state index contributed by atoms with van der Waals surface area (Å²) in [4.78, 5) is 7.28. The van der Waals surface area contributed by atoms with Crippen LogP contribution in [0.15, 0.2) is 60.9 Å². The molecule has 2 atom stereocenters. The van der Waals surface area contributed by atoms with E-state index >= 15 is 0 Å². The third kappa shape index (κ3) is 7.55. The molecule has 0 radical (unpaired) electrons. The molecule has 7 rings (SSSR count). The van der Waals surface area contributed by atoms with Gasteiger partial charge >= 0.3 is 20.6 Å². The van der Waals surface area contributed by atoms with Gasteiger partial charge in [0.05, 0.1) is 18.1 Å². The van der Waals surface area contributed by atoms with Crippen LogP contribution in [0.1, 0.15) is 113 Å². The van der Waals surface area contributed by atoms with Crippen molar-refractivity contribution in [1.82, 2.24) is 23.1 Å². The van der Waals surface area contributed by atoms with Gasteiger partial charge in [-0.25, -0.2) is 9.37 Å². The maximum atomic E-state index is 13.7. The van der Waals surface area contributed by atoms with Gasteiger partial charge in [-0.15, -0.1) is 0 Å². The number of hydrogen-bond donors (Lipinski definition) is 2. The SMILES string of the molecule is O=S(=O)(O)N(C1CCCCC1)C1c2ccccc2C2(CCN(CCCOc3ccc(F)cc3)CC2)c2nccn2C1N(C1CCCCC1)S(=O)(=O)O. The van der Waals surface area contributed by atoms with E-state index in [9.17, 15) is 30.3 Å². The highest BCUT2D eigenvalue weighted by Crippen LogP contribution is 2.53. The summed E-state index contributed by atoms with van der Waals surface area (Å²) in [6.45, 7) is 2.64. The first-order chi connectivity index (χ1) is 25.0. The number of aromatic nitrogens is 2. The first-order valence-corrected chi connectivity index (χ1v) is 21.5. The Hall–Kier alpha value is -2.92. The van der Waals surface area contributed by atoms with Crippen molar-refractivity contribution in [3.63, 3.8) is 0 Å². The van der Waals surface area contributed by atoms with Crippen LogP contribution < -0.4 is 4.74 Å². The third-order valence-electron chi connectivity index (χ3n) is 11.8. The molecule has 2 saturated carbocycles. The molecule has 2 aliphatic heterocycles. The Kier molecular flexibility index (Phi) is 11.1. The zero-order valence-corrected chi connectivity index (χ0v) is 31.1. The summed E-state index contributed by atoms with van der Waals surface area (Å²) in [5.74, 6) is 0.923. The van der Waals surface area contributed by atoms with Crippen molar-refractivity contribution in [2.45, 2.75) is 113 Å². The maximum absolute atomic E-state index is 13.7. The van der Waals surface area contributed by atoms with Crippen molar-refractivity contribution in [2.24, 2.45) is 0 Å². The van der Waals surface area contributed by atoms with Gasteiger partial charge in [-0.2, -0.15) is 25.4 Å². The largest absolute Gasteiger partial charge is 0.494 e. The Balaban J connectivity index is 1.30. The molecule has 3 heterocycles. The van der Waals surface area contributed by atoms with E-state index in [-0.39, 0.29) is 5.82 Å². The molecule has 52 heavy (non-hydrogen) atoms. The molecule has 2 aliphatic carbocycles. The van der Waals surface area contributed by atoms with Crippen LogP contribution in [0.4, 0.5) is 4.39 Å². The summed E-state index contributed by atoms with van der Waals surface area (Å²) in [6, 6.07) is 11.3. The average Bonchev–Trinajstić information content (AvgIpc) is 3.60. The van der Waals surface area contributed by atoms with Crippen LogP contribution >= 0.6 is 0 Å². The number of imidazole rings is 1. The van der Waals surface area contributed by atoms with Crippen molar-refractivity contribution >= 4 is 20.6 Å². The van der Waals surface area contributed by atoms with E-state index in [1.165, 1.54) is 12.1 Å². The van der Waals surface area contributed by atoms with Crippen LogP contribution in [0.3, 0.4) is 0 Å². The molecule has 2 N–H and O–H groups in total. The molecule has 1 saturated heterocycles. The number of nitrogens with zero attached hydrogens (tertiary/aromatic N) is 5. The molecule has 4 aliphatic rings. The minimum Gasteiger partial charge on any atom is -0.494 e. The van der Waals surface area contributed by atoms with Crippen LogP contribution in [0, 0.1) is 5.82 Å². The summed E-state index contributed by atoms with van der Waals surface area (Å²) in [6.07, 6.45) is 11.3. The number of benzene rings is 2. The smallest absolute Gasteiger partial charge is 0.338 e. The molecular weight excluding hydrogens is 710 g/mol. The molecule has 12 nitrogen and oxygen atoms in total. The maximum Gasteiger partial charge on any atom is 0.338 e. The van der Waals surface area contributed by atoms with E-state index in [0.29, 0.717) is 75.4 Å². The molecule has 0 bridgehead atoms. The van der Waals surface area contributed by atoms with Crippen LogP contribution in [0.25, 0.3) is 0 Å². The molecular formula is C37H50FN5O7S2. The number of fused-ring (bicyclic) bond motifs is 4. The van der Waals surface area contributed by atoms with Crippen molar-refractivity contribution in [2.75, 3.05) is 26.2 Å². The van der Waals surface area contributed by atoms with Gasteiger partial charge in [0.25, 0.3) is 0 Å². The molecule has 2 aromatic carbocycles. The Morgan fingerprint density at radius 3 is 2.04 bits per heavy atom. The minimum atomic E-state index is -4.89. The number of ether oxygens (including phenoxy) is 1. The fourth-order valence-electron chi connectivity index (χ4n) is 9.48.